The fourth-order valence-electron chi connectivity index (χ4n) is 1.33. The van der Waals surface area contributed by atoms with Gasteiger partial charge in [-0.1, -0.05) is 0 Å². The van der Waals surface area contributed by atoms with Gasteiger partial charge >= 0.3 is 0 Å². The maximum absolute atomic E-state index is 11.0. The standard InChI is InChI=1S/C8H14N2OS/c9-4-1-5-10-8-2-6-12(11)7-3-8/h8,10H,1-3,5-7H2. The van der Waals surface area contributed by atoms with Crippen molar-refractivity contribution >= 4 is 10.8 Å². The minimum absolute atomic E-state index is 0.496. The van der Waals surface area contributed by atoms with Crippen LogP contribution in [0, 0.1) is 11.3 Å². The van der Waals surface area contributed by atoms with Gasteiger partial charge in [0.1, 0.15) is 0 Å². The fourth-order valence-corrected chi connectivity index (χ4v) is 2.63. The highest BCUT2D eigenvalue weighted by atomic mass is 32.2. The average molecular weight is 186 g/mol. The molecule has 0 radical (unpaired) electrons. The third kappa shape index (κ3) is 3.33. The van der Waals surface area contributed by atoms with Crippen LogP contribution in [0.4, 0.5) is 0 Å². The Morgan fingerprint density at radius 1 is 1.50 bits per heavy atom. The van der Waals surface area contributed by atoms with E-state index in [1.807, 2.05) is 0 Å². The molecule has 0 aromatic carbocycles. The predicted octanol–water partition coefficient (Wildman–Crippen LogP) is 0.401. The van der Waals surface area contributed by atoms with Crippen LogP contribution in [0.5, 0.6) is 0 Å². The highest BCUT2D eigenvalue weighted by molar-refractivity contribution is 7.85. The first kappa shape index (κ1) is 9.69. The van der Waals surface area contributed by atoms with E-state index in [9.17, 15) is 4.21 Å². The molecule has 4 heteroatoms. The summed E-state index contributed by atoms with van der Waals surface area (Å²) in [5.74, 6) is 1.65. The topological polar surface area (TPSA) is 52.9 Å². The van der Waals surface area contributed by atoms with Crippen molar-refractivity contribution in [2.75, 3.05) is 18.1 Å². The third-order valence-corrected chi connectivity index (χ3v) is 3.44. The molecule has 0 spiro atoms. The lowest BCUT2D eigenvalue weighted by atomic mass is 10.1. The molecule has 1 aliphatic rings. The number of hydrogen-bond donors (Lipinski definition) is 1. The SMILES string of the molecule is N#CCCNC1CCS(=O)CC1. The number of rotatable bonds is 3. The van der Waals surface area contributed by atoms with Gasteiger partial charge in [-0.25, -0.2) is 0 Å². The van der Waals surface area contributed by atoms with Crippen LogP contribution in [0.15, 0.2) is 0 Å². The van der Waals surface area contributed by atoms with Gasteiger partial charge in [0, 0.05) is 41.3 Å². The van der Waals surface area contributed by atoms with Gasteiger partial charge in [-0.3, -0.25) is 4.21 Å². The first-order chi connectivity index (χ1) is 5.83. The molecule has 1 heterocycles. The zero-order chi connectivity index (χ0) is 8.81. The Kier molecular flexibility index (Phi) is 4.26. The molecule has 0 amide bonds. The van der Waals surface area contributed by atoms with Crippen LogP contribution in [-0.4, -0.2) is 28.3 Å². The first-order valence-corrected chi connectivity index (χ1v) is 5.77. The van der Waals surface area contributed by atoms with Crippen molar-refractivity contribution in [3.8, 4) is 6.07 Å². The summed E-state index contributed by atoms with van der Waals surface area (Å²) in [6.07, 6.45) is 2.57. The second kappa shape index (κ2) is 5.28. The zero-order valence-electron chi connectivity index (χ0n) is 7.08. The van der Waals surface area contributed by atoms with Crippen molar-refractivity contribution in [2.45, 2.75) is 25.3 Å². The fraction of sp³-hybridized carbons (Fsp3) is 0.875. The summed E-state index contributed by atoms with van der Waals surface area (Å²) in [5.41, 5.74) is 0. The molecule has 0 atom stereocenters. The average Bonchev–Trinajstić information content (AvgIpc) is 2.09. The van der Waals surface area contributed by atoms with E-state index in [1.54, 1.807) is 0 Å². The van der Waals surface area contributed by atoms with Gasteiger partial charge in [0.25, 0.3) is 0 Å². The summed E-state index contributed by atoms with van der Waals surface area (Å²) >= 11 is 0. The minimum atomic E-state index is -0.573. The van der Waals surface area contributed by atoms with Gasteiger partial charge in [0.15, 0.2) is 0 Å². The molecule has 0 aliphatic carbocycles. The minimum Gasteiger partial charge on any atom is -0.313 e. The molecule has 1 saturated heterocycles. The monoisotopic (exact) mass is 186 g/mol. The molecule has 0 aromatic heterocycles. The van der Waals surface area contributed by atoms with E-state index in [0.717, 1.165) is 30.9 Å². The van der Waals surface area contributed by atoms with E-state index in [1.165, 1.54) is 0 Å². The van der Waals surface area contributed by atoms with Gasteiger partial charge in [0.2, 0.25) is 0 Å². The Labute approximate surface area is 75.6 Å². The van der Waals surface area contributed by atoms with Crippen molar-refractivity contribution in [1.29, 1.82) is 5.26 Å². The quantitative estimate of drug-likeness (QED) is 0.649. The van der Waals surface area contributed by atoms with Crippen molar-refractivity contribution in [3.05, 3.63) is 0 Å². The Bertz CT molecular complexity index is 190. The maximum Gasteiger partial charge on any atom is 0.0635 e. The molecule has 0 unspecified atom stereocenters. The summed E-state index contributed by atoms with van der Waals surface area (Å²) in [6.45, 7) is 0.772. The molecule has 1 N–H and O–H groups in total. The second-order valence-electron chi connectivity index (χ2n) is 2.98. The van der Waals surface area contributed by atoms with Crippen molar-refractivity contribution in [1.82, 2.24) is 5.32 Å². The lowest BCUT2D eigenvalue weighted by Gasteiger charge is -2.21. The van der Waals surface area contributed by atoms with Gasteiger partial charge < -0.3 is 5.32 Å². The largest absolute Gasteiger partial charge is 0.313 e. The van der Waals surface area contributed by atoms with Crippen LogP contribution in [0.3, 0.4) is 0 Å². The van der Waals surface area contributed by atoms with Crippen molar-refractivity contribution in [2.24, 2.45) is 0 Å². The van der Waals surface area contributed by atoms with E-state index in [4.69, 9.17) is 5.26 Å². The van der Waals surface area contributed by atoms with E-state index in [2.05, 4.69) is 11.4 Å². The maximum atomic E-state index is 11.0. The molecule has 0 bridgehead atoms. The van der Waals surface area contributed by atoms with Crippen LogP contribution in [0.2, 0.25) is 0 Å². The summed E-state index contributed by atoms with van der Waals surface area (Å²) in [7, 11) is -0.573. The van der Waals surface area contributed by atoms with Gasteiger partial charge in [-0.2, -0.15) is 5.26 Å². The Balaban J connectivity index is 2.10. The van der Waals surface area contributed by atoms with Crippen molar-refractivity contribution in [3.63, 3.8) is 0 Å². The predicted molar refractivity (Wildman–Crippen MR) is 49.1 cm³/mol. The molecule has 0 aromatic rings. The van der Waals surface area contributed by atoms with E-state index in [0.29, 0.717) is 12.5 Å². The third-order valence-electron chi connectivity index (χ3n) is 2.06. The van der Waals surface area contributed by atoms with E-state index >= 15 is 0 Å². The summed E-state index contributed by atoms with van der Waals surface area (Å²) in [4.78, 5) is 0. The van der Waals surface area contributed by atoms with Gasteiger partial charge in [-0.05, 0) is 12.8 Å². The van der Waals surface area contributed by atoms with Crippen LogP contribution in [0.1, 0.15) is 19.3 Å². The lowest BCUT2D eigenvalue weighted by molar-refractivity contribution is 0.482. The highest BCUT2D eigenvalue weighted by Crippen LogP contribution is 2.08. The summed E-state index contributed by atoms with van der Waals surface area (Å²) in [6, 6.07) is 2.59. The molecular weight excluding hydrogens is 172 g/mol. The Morgan fingerprint density at radius 3 is 2.75 bits per heavy atom. The number of nitrogens with one attached hydrogen (secondary N) is 1. The molecule has 12 heavy (non-hydrogen) atoms. The molecule has 68 valence electrons. The number of nitriles is 1. The van der Waals surface area contributed by atoms with E-state index in [-0.39, 0.29) is 0 Å². The number of hydrogen-bond acceptors (Lipinski definition) is 3. The molecule has 1 aliphatic heterocycles. The summed E-state index contributed by atoms with van der Waals surface area (Å²) < 4.78 is 11.0. The van der Waals surface area contributed by atoms with Gasteiger partial charge in [-0.15, -0.1) is 0 Å². The van der Waals surface area contributed by atoms with Crippen LogP contribution < -0.4 is 5.32 Å². The van der Waals surface area contributed by atoms with Crippen LogP contribution in [0.25, 0.3) is 0 Å². The zero-order valence-corrected chi connectivity index (χ0v) is 7.90. The van der Waals surface area contributed by atoms with Crippen LogP contribution in [-0.2, 0) is 10.8 Å². The second-order valence-corrected chi connectivity index (χ2v) is 4.68. The summed E-state index contributed by atoms with van der Waals surface area (Å²) in [5, 5.41) is 11.6. The number of nitrogens with zero attached hydrogens (tertiary/aromatic N) is 1. The molecular formula is C8H14N2OS. The molecule has 0 saturated carbocycles. The smallest absolute Gasteiger partial charge is 0.0635 e. The lowest BCUT2D eigenvalue weighted by Crippen LogP contribution is -2.36. The van der Waals surface area contributed by atoms with Gasteiger partial charge in [0.05, 0.1) is 6.07 Å². The van der Waals surface area contributed by atoms with Crippen LogP contribution >= 0.6 is 0 Å². The highest BCUT2D eigenvalue weighted by Gasteiger charge is 2.16. The Morgan fingerprint density at radius 2 is 2.17 bits per heavy atom. The first-order valence-electron chi connectivity index (χ1n) is 4.28. The molecule has 1 rings (SSSR count). The molecule has 1 fully saturated rings. The Hall–Kier alpha value is -0.400. The van der Waals surface area contributed by atoms with Crippen molar-refractivity contribution < 1.29 is 4.21 Å². The normalized spacial score (nSPS) is 29.6. The molecule has 3 nitrogen and oxygen atoms in total. The van der Waals surface area contributed by atoms with E-state index < -0.39 is 10.8 Å².